The number of amides is 3. The van der Waals surface area contributed by atoms with Gasteiger partial charge in [0.25, 0.3) is 17.7 Å². The molecule has 9 nitrogen and oxygen atoms in total. The van der Waals surface area contributed by atoms with E-state index in [1.807, 2.05) is 0 Å². The Kier molecular flexibility index (Phi) is 8.57. The van der Waals surface area contributed by atoms with E-state index >= 15 is 0 Å². The van der Waals surface area contributed by atoms with Gasteiger partial charge in [-0.15, -0.1) is 0 Å². The summed E-state index contributed by atoms with van der Waals surface area (Å²) < 4.78 is 75.9. The molecule has 0 aliphatic carbocycles. The summed E-state index contributed by atoms with van der Waals surface area (Å²) in [4.78, 5) is 44.7. The van der Waals surface area contributed by atoms with Crippen molar-refractivity contribution >= 4 is 23.5 Å². The number of ether oxygens (including phenoxy) is 1. The van der Waals surface area contributed by atoms with Crippen LogP contribution in [-0.4, -0.2) is 77.5 Å². The van der Waals surface area contributed by atoms with Crippen molar-refractivity contribution in [3.8, 4) is 0 Å². The number of hydrogen-bond donors (Lipinski definition) is 1. The Morgan fingerprint density at radius 2 is 1.78 bits per heavy atom. The second kappa shape index (κ2) is 12.5. The third-order valence-corrected chi connectivity index (χ3v) is 8.79. The molecule has 0 bridgehead atoms. The second-order valence-electron chi connectivity index (χ2n) is 11.7. The van der Waals surface area contributed by atoms with E-state index in [9.17, 15) is 36.3 Å². The first-order chi connectivity index (χ1) is 22.0. The number of hydrogen-bond acceptors (Lipinski definition) is 5. The molecule has 3 aliphatic heterocycles. The number of nitrogens with zero attached hydrogens (tertiary/aromatic N) is 4. The third-order valence-electron chi connectivity index (χ3n) is 8.79. The molecule has 0 saturated carbocycles. The zero-order valence-electron chi connectivity index (χ0n) is 24.9. The average molecular weight is 646 g/mol. The Hall–Kier alpha value is -4.33. The van der Waals surface area contributed by atoms with Crippen molar-refractivity contribution in [1.29, 1.82) is 0 Å². The number of fused-ring (bicyclic) bond motifs is 1. The Labute approximate surface area is 261 Å². The monoisotopic (exact) mass is 645 g/mol. The van der Waals surface area contributed by atoms with Crippen molar-refractivity contribution in [3.05, 3.63) is 82.3 Å². The molecule has 3 amide bonds. The lowest BCUT2D eigenvalue weighted by Gasteiger charge is -2.39. The molecule has 3 atom stereocenters. The summed E-state index contributed by atoms with van der Waals surface area (Å²) in [6.45, 7) is 2.70. The first-order valence-corrected chi connectivity index (χ1v) is 15.2. The van der Waals surface area contributed by atoms with Crippen molar-refractivity contribution in [2.75, 3.05) is 37.7 Å². The molecule has 2 aromatic carbocycles. The Balaban J connectivity index is 1.52. The summed E-state index contributed by atoms with van der Waals surface area (Å²) in [5.41, 5.74) is -0.735. The first-order valence-electron chi connectivity index (χ1n) is 15.2. The van der Waals surface area contributed by atoms with Crippen molar-refractivity contribution in [2.24, 2.45) is 0 Å². The molecule has 14 heteroatoms. The standard InChI is InChI=1S/C32H32F5N5O4/c1-2-41-29-25(27(30(44)40-13-10-22(34)17-40)39-42(29)23-11-14-46-15-12-23)24(18-6-8-21(33)9-7-18)26(31(41)45)38-28(43)19-4-3-5-20(16-19)32(35,36)37/h3-9,16,22-24,26H,2,10-15,17H2,1H3,(H,38,43). The molecular weight excluding hydrogens is 613 g/mol. The van der Waals surface area contributed by atoms with E-state index < -0.39 is 53.4 Å². The molecule has 1 aromatic heterocycles. The number of nitrogens with one attached hydrogen (secondary N) is 1. The van der Waals surface area contributed by atoms with Crippen LogP contribution in [0.4, 0.5) is 27.8 Å². The Morgan fingerprint density at radius 3 is 2.41 bits per heavy atom. The lowest BCUT2D eigenvalue weighted by atomic mass is 9.80. The molecule has 3 aliphatic rings. The number of anilines is 1. The molecule has 2 saturated heterocycles. The molecule has 2 fully saturated rings. The number of likely N-dealkylation sites (tertiary alicyclic amines) is 1. The molecule has 6 rings (SSSR count). The van der Waals surface area contributed by atoms with Gasteiger partial charge in [0.15, 0.2) is 5.69 Å². The van der Waals surface area contributed by atoms with Crippen molar-refractivity contribution in [1.82, 2.24) is 20.0 Å². The van der Waals surface area contributed by atoms with Gasteiger partial charge in [0.2, 0.25) is 0 Å². The van der Waals surface area contributed by atoms with Crippen LogP contribution in [0, 0.1) is 5.82 Å². The van der Waals surface area contributed by atoms with Crippen LogP contribution in [0.5, 0.6) is 0 Å². The maximum absolute atomic E-state index is 14.3. The zero-order valence-corrected chi connectivity index (χ0v) is 24.9. The minimum absolute atomic E-state index is 0.0332. The van der Waals surface area contributed by atoms with Gasteiger partial charge in [-0.25, -0.2) is 13.5 Å². The molecule has 1 N–H and O–H groups in total. The van der Waals surface area contributed by atoms with Gasteiger partial charge >= 0.3 is 6.18 Å². The number of carbonyl (C=O) groups excluding carboxylic acids is 3. The van der Waals surface area contributed by atoms with Crippen LogP contribution in [0.15, 0.2) is 48.5 Å². The molecule has 4 heterocycles. The van der Waals surface area contributed by atoms with E-state index in [1.54, 1.807) is 11.6 Å². The highest BCUT2D eigenvalue weighted by molar-refractivity contribution is 6.07. The van der Waals surface area contributed by atoms with Crippen molar-refractivity contribution < 1.29 is 41.1 Å². The quantitative estimate of drug-likeness (QED) is 0.386. The first kappa shape index (κ1) is 31.6. The lowest BCUT2D eigenvalue weighted by molar-refractivity contribution is -0.137. The number of aromatic nitrogens is 2. The Bertz CT molecular complexity index is 1640. The average Bonchev–Trinajstić information content (AvgIpc) is 3.66. The van der Waals surface area contributed by atoms with Gasteiger partial charge < -0.3 is 15.0 Å². The van der Waals surface area contributed by atoms with Crippen LogP contribution >= 0.6 is 0 Å². The molecular formula is C32H32F5N5O4. The van der Waals surface area contributed by atoms with Gasteiger partial charge in [-0.2, -0.15) is 18.3 Å². The molecule has 0 spiro atoms. The highest BCUT2D eigenvalue weighted by Gasteiger charge is 2.48. The van der Waals surface area contributed by atoms with E-state index in [4.69, 9.17) is 9.84 Å². The third kappa shape index (κ3) is 5.85. The minimum Gasteiger partial charge on any atom is -0.381 e. The lowest BCUT2D eigenvalue weighted by Crippen LogP contribution is -2.56. The minimum atomic E-state index is -4.70. The van der Waals surface area contributed by atoms with Gasteiger partial charge in [0.05, 0.1) is 18.2 Å². The number of carbonyl (C=O) groups is 3. The van der Waals surface area contributed by atoms with Crippen LogP contribution < -0.4 is 10.2 Å². The SMILES string of the molecule is CCN1C(=O)C(NC(=O)c2cccc(C(F)(F)F)c2)C(c2ccc(F)cc2)c2c(C(=O)N3CCC(F)C3)nn(C3CCOCC3)c21. The summed E-state index contributed by atoms with van der Waals surface area (Å²) in [5, 5.41) is 7.39. The van der Waals surface area contributed by atoms with Gasteiger partial charge in [0.1, 0.15) is 23.8 Å². The van der Waals surface area contributed by atoms with Crippen molar-refractivity contribution in [3.63, 3.8) is 0 Å². The van der Waals surface area contributed by atoms with Crippen LogP contribution in [0.3, 0.4) is 0 Å². The fourth-order valence-electron chi connectivity index (χ4n) is 6.51. The number of likely N-dealkylation sites (N-methyl/N-ethyl adjacent to an activating group) is 1. The number of benzene rings is 2. The second-order valence-corrected chi connectivity index (χ2v) is 11.7. The van der Waals surface area contributed by atoms with Gasteiger partial charge in [-0.05, 0) is 62.1 Å². The topological polar surface area (TPSA) is 96.8 Å². The van der Waals surface area contributed by atoms with Crippen LogP contribution in [-0.2, 0) is 15.7 Å². The molecule has 3 aromatic rings. The fourth-order valence-corrected chi connectivity index (χ4v) is 6.51. The number of alkyl halides is 4. The smallest absolute Gasteiger partial charge is 0.381 e. The van der Waals surface area contributed by atoms with Gasteiger partial charge in [-0.1, -0.05) is 18.2 Å². The van der Waals surface area contributed by atoms with Crippen LogP contribution in [0.25, 0.3) is 0 Å². The summed E-state index contributed by atoms with van der Waals surface area (Å²) in [5.74, 6) is -3.40. The zero-order chi connectivity index (χ0) is 32.7. The van der Waals surface area contributed by atoms with E-state index in [2.05, 4.69) is 5.32 Å². The van der Waals surface area contributed by atoms with Gasteiger partial charge in [-0.3, -0.25) is 19.3 Å². The molecule has 0 radical (unpaired) electrons. The molecule has 244 valence electrons. The van der Waals surface area contributed by atoms with Crippen LogP contribution in [0.2, 0.25) is 0 Å². The largest absolute Gasteiger partial charge is 0.416 e. The van der Waals surface area contributed by atoms with E-state index in [1.165, 1.54) is 40.1 Å². The maximum Gasteiger partial charge on any atom is 0.416 e. The molecule has 3 unspecified atom stereocenters. The van der Waals surface area contributed by atoms with E-state index in [0.29, 0.717) is 49.1 Å². The summed E-state index contributed by atoms with van der Waals surface area (Å²) in [7, 11) is 0. The number of halogens is 5. The van der Waals surface area contributed by atoms with E-state index in [0.717, 1.165) is 12.1 Å². The molecule has 46 heavy (non-hydrogen) atoms. The highest BCUT2D eigenvalue weighted by Crippen LogP contribution is 2.45. The highest BCUT2D eigenvalue weighted by atomic mass is 19.4. The predicted molar refractivity (Wildman–Crippen MR) is 156 cm³/mol. The summed E-state index contributed by atoms with van der Waals surface area (Å²) in [6.07, 6.45) is -4.67. The summed E-state index contributed by atoms with van der Waals surface area (Å²) in [6, 6.07) is 7.37. The number of rotatable bonds is 6. The summed E-state index contributed by atoms with van der Waals surface area (Å²) >= 11 is 0. The van der Waals surface area contributed by atoms with E-state index in [-0.39, 0.29) is 43.4 Å². The maximum atomic E-state index is 14.3. The van der Waals surface area contributed by atoms with Gasteiger partial charge in [0, 0.05) is 43.3 Å². The normalized spacial score (nSPS) is 22.2. The fraction of sp³-hybridized carbons (Fsp3) is 0.438. The van der Waals surface area contributed by atoms with Crippen LogP contribution in [0.1, 0.15) is 75.7 Å². The predicted octanol–water partition coefficient (Wildman–Crippen LogP) is 4.87. The van der Waals surface area contributed by atoms with Crippen molar-refractivity contribution in [2.45, 2.75) is 56.5 Å². The Morgan fingerprint density at radius 1 is 1.07 bits per heavy atom.